The number of halogens is 1. The number of non-ortho nitro benzene ring substituents is 1. The SMILES string of the molecule is CC(OC(=O)c1ccc([N+](=O)[O-])cc1Cl)C(=O)N(C)c1ccccc1. The lowest BCUT2D eigenvalue weighted by molar-refractivity contribution is -0.384. The highest BCUT2D eigenvalue weighted by molar-refractivity contribution is 6.33. The molecule has 0 bridgehead atoms. The molecule has 0 aliphatic carbocycles. The van der Waals surface area contributed by atoms with Gasteiger partial charge in [0.2, 0.25) is 0 Å². The summed E-state index contributed by atoms with van der Waals surface area (Å²) in [5.41, 5.74) is 0.368. The summed E-state index contributed by atoms with van der Waals surface area (Å²) in [5, 5.41) is 10.6. The summed E-state index contributed by atoms with van der Waals surface area (Å²) in [5.74, 6) is -1.25. The molecule has 7 nitrogen and oxygen atoms in total. The van der Waals surface area contributed by atoms with Gasteiger partial charge in [0.15, 0.2) is 6.10 Å². The number of carbonyl (C=O) groups excluding carboxylic acids is 2. The summed E-state index contributed by atoms with van der Waals surface area (Å²) in [7, 11) is 1.57. The van der Waals surface area contributed by atoms with Crippen LogP contribution in [-0.2, 0) is 9.53 Å². The number of hydrogen-bond acceptors (Lipinski definition) is 5. The Morgan fingerprint density at radius 2 is 1.84 bits per heavy atom. The molecule has 0 N–H and O–H groups in total. The second kappa shape index (κ2) is 7.76. The van der Waals surface area contributed by atoms with Crippen molar-refractivity contribution in [2.75, 3.05) is 11.9 Å². The van der Waals surface area contributed by atoms with Crippen LogP contribution in [0.15, 0.2) is 48.5 Å². The van der Waals surface area contributed by atoms with Crippen molar-refractivity contribution in [1.29, 1.82) is 0 Å². The van der Waals surface area contributed by atoms with Crippen molar-refractivity contribution in [2.45, 2.75) is 13.0 Å². The van der Waals surface area contributed by atoms with Gasteiger partial charge in [0.05, 0.1) is 15.5 Å². The second-order valence-corrected chi connectivity index (χ2v) is 5.61. The van der Waals surface area contributed by atoms with Gasteiger partial charge in [-0.15, -0.1) is 0 Å². The molecule has 2 aromatic rings. The van der Waals surface area contributed by atoms with E-state index in [1.807, 2.05) is 6.07 Å². The Kier molecular flexibility index (Phi) is 5.71. The van der Waals surface area contributed by atoms with Crippen molar-refractivity contribution >= 4 is 34.9 Å². The van der Waals surface area contributed by atoms with Crippen LogP contribution >= 0.6 is 11.6 Å². The fourth-order valence-electron chi connectivity index (χ4n) is 2.11. The predicted molar refractivity (Wildman–Crippen MR) is 92.8 cm³/mol. The Balaban J connectivity index is 2.09. The van der Waals surface area contributed by atoms with Gasteiger partial charge in [0.1, 0.15) is 0 Å². The van der Waals surface area contributed by atoms with E-state index in [4.69, 9.17) is 16.3 Å². The van der Waals surface area contributed by atoms with Crippen molar-refractivity contribution in [2.24, 2.45) is 0 Å². The smallest absolute Gasteiger partial charge is 0.340 e. The number of ether oxygens (including phenoxy) is 1. The number of esters is 1. The topological polar surface area (TPSA) is 89.7 Å². The highest BCUT2D eigenvalue weighted by atomic mass is 35.5. The molecule has 0 saturated carbocycles. The Hall–Kier alpha value is -2.93. The number of nitro groups is 1. The van der Waals surface area contributed by atoms with Gasteiger partial charge in [-0.25, -0.2) is 4.79 Å². The molecule has 25 heavy (non-hydrogen) atoms. The Morgan fingerprint density at radius 1 is 1.20 bits per heavy atom. The fourth-order valence-corrected chi connectivity index (χ4v) is 2.36. The normalized spacial score (nSPS) is 11.5. The lowest BCUT2D eigenvalue weighted by Gasteiger charge is -2.21. The van der Waals surface area contributed by atoms with Gasteiger partial charge in [-0.05, 0) is 25.1 Å². The molecule has 8 heteroatoms. The van der Waals surface area contributed by atoms with Crippen molar-refractivity contribution in [1.82, 2.24) is 0 Å². The van der Waals surface area contributed by atoms with E-state index < -0.39 is 22.9 Å². The van der Waals surface area contributed by atoms with E-state index in [1.165, 1.54) is 17.9 Å². The largest absolute Gasteiger partial charge is 0.449 e. The molecular formula is C17H15ClN2O5. The van der Waals surface area contributed by atoms with Crippen molar-refractivity contribution in [3.63, 3.8) is 0 Å². The second-order valence-electron chi connectivity index (χ2n) is 5.20. The number of para-hydroxylation sites is 1. The van der Waals surface area contributed by atoms with E-state index in [9.17, 15) is 19.7 Å². The number of benzene rings is 2. The minimum absolute atomic E-state index is 0.0470. The summed E-state index contributed by atoms with van der Waals surface area (Å²) in [6.45, 7) is 1.44. The Morgan fingerprint density at radius 3 is 2.40 bits per heavy atom. The zero-order chi connectivity index (χ0) is 18.6. The number of nitrogens with zero attached hydrogens (tertiary/aromatic N) is 2. The van der Waals surface area contributed by atoms with Gasteiger partial charge in [-0.2, -0.15) is 0 Å². The van der Waals surface area contributed by atoms with Crippen LogP contribution in [0.3, 0.4) is 0 Å². The molecule has 0 aromatic heterocycles. The van der Waals surface area contributed by atoms with Gasteiger partial charge in [-0.3, -0.25) is 14.9 Å². The number of likely N-dealkylation sites (N-methyl/N-ethyl adjacent to an activating group) is 1. The van der Waals surface area contributed by atoms with E-state index in [-0.39, 0.29) is 16.3 Å². The van der Waals surface area contributed by atoms with Crippen LogP contribution in [0.2, 0.25) is 5.02 Å². The third-order valence-electron chi connectivity index (χ3n) is 3.49. The molecular weight excluding hydrogens is 348 g/mol. The summed E-state index contributed by atoms with van der Waals surface area (Å²) >= 11 is 5.89. The van der Waals surface area contributed by atoms with Crippen LogP contribution in [0.25, 0.3) is 0 Å². The number of anilines is 1. The average molecular weight is 363 g/mol. The average Bonchev–Trinajstić information content (AvgIpc) is 2.60. The monoisotopic (exact) mass is 362 g/mol. The van der Waals surface area contributed by atoms with Gasteiger partial charge in [0, 0.05) is 24.9 Å². The third kappa shape index (κ3) is 4.33. The maximum absolute atomic E-state index is 12.4. The first-order valence-corrected chi connectivity index (χ1v) is 7.66. The maximum Gasteiger partial charge on any atom is 0.340 e. The lowest BCUT2D eigenvalue weighted by Crippen LogP contribution is -2.37. The first-order valence-electron chi connectivity index (χ1n) is 7.28. The minimum Gasteiger partial charge on any atom is -0.449 e. The van der Waals surface area contributed by atoms with Gasteiger partial charge < -0.3 is 9.64 Å². The molecule has 0 saturated heterocycles. The van der Waals surface area contributed by atoms with Crippen LogP contribution in [0.5, 0.6) is 0 Å². The molecule has 1 unspecified atom stereocenters. The predicted octanol–water partition coefficient (Wildman–Crippen LogP) is 3.46. The van der Waals surface area contributed by atoms with E-state index in [2.05, 4.69) is 0 Å². The van der Waals surface area contributed by atoms with Crippen LogP contribution in [0, 0.1) is 10.1 Å². The number of amides is 1. The van der Waals surface area contributed by atoms with Crippen LogP contribution in [0.4, 0.5) is 11.4 Å². The van der Waals surface area contributed by atoms with E-state index in [0.717, 1.165) is 12.1 Å². The van der Waals surface area contributed by atoms with Crippen molar-refractivity contribution in [3.05, 3.63) is 69.2 Å². The maximum atomic E-state index is 12.4. The molecule has 0 radical (unpaired) electrons. The molecule has 2 rings (SSSR count). The molecule has 2 aromatic carbocycles. The van der Waals surface area contributed by atoms with Crippen LogP contribution in [0.1, 0.15) is 17.3 Å². The quantitative estimate of drug-likeness (QED) is 0.461. The Bertz CT molecular complexity index is 810. The highest BCUT2D eigenvalue weighted by Crippen LogP contribution is 2.23. The zero-order valence-corrected chi connectivity index (χ0v) is 14.3. The molecule has 0 fully saturated rings. The van der Waals surface area contributed by atoms with Crippen molar-refractivity contribution < 1.29 is 19.2 Å². The summed E-state index contributed by atoms with van der Waals surface area (Å²) < 4.78 is 5.14. The number of rotatable bonds is 5. The number of hydrogen-bond donors (Lipinski definition) is 0. The number of carbonyl (C=O) groups is 2. The van der Waals surface area contributed by atoms with Gasteiger partial charge in [0.25, 0.3) is 11.6 Å². The summed E-state index contributed by atoms with van der Waals surface area (Å²) in [6, 6.07) is 12.3. The van der Waals surface area contributed by atoms with E-state index in [0.29, 0.717) is 5.69 Å². The lowest BCUT2D eigenvalue weighted by atomic mass is 10.2. The minimum atomic E-state index is -1.05. The first-order chi connectivity index (χ1) is 11.8. The van der Waals surface area contributed by atoms with Gasteiger partial charge >= 0.3 is 5.97 Å². The molecule has 0 aliphatic heterocycles. The first kappa shape index (κ1) is 18.4. The standard InChI is InChI=1S/C17H15ClN2O5/c1-11(16(21)19(2)12-6-4-3-5-7-12)25-17(22)14-9-8-13(20(23)24)10-15(14)18/h3-11H,1-2H3. The van der Waals surface area contributed by atoms with E-state index >= 15 is 0 Å². The van der Waals surface area contributed by atoms with Crippen LogP contribution < -0.4 is 4.90 Å². The van der Waals surface area contributed by atoms with Crippen LogP contribution in [-0.4, -0.2) is 30.0 Å². The zero-order valence-electron chi connectivity index (χ0n) is 13.5. The van der Waals surface area contributed by atoms with E-state index in [1.54, 1.807) is 31.3 Å². The molecule has 1 atom stereocenters. The number of nitro benzene ring substituents is 1. The molecule has 0 heterocycles. The fraction of sp³-hybridized carbons (Fsp3) is 0.176. The van der Waals surface area contributed by atoms with Crippen molar-refractivity contribution in [3.8, 4) is 0 Å². The Labute approximate surface area is 148 Å². The molecule has 130 valence electrons. The van der Waals surface area contributed by atoms with Gasteiger partial charge in [-0.1, -0.05) is 29.8 Å². The third-order valence-corrected chi connectivity index (χ3v) is 3.80. The summed E-state index contributed by atoms with van der Waals surface area (Å²) in [6.07, 6.45) is -1.05. The molecule has 0 aliphatic rings. The molecule has 0 spiro atoms. The molecule has 1 amide bonds. The summed E-state index contributed by atoms with van der Waals surface area (Å²) in [4.78, 5) is 36.0. The highest BCUT2D eigenvalue weighted by Gasteiger charge is 2.24.